The van der Waals surface area contributed by atoms with Crippen LogP contribution >= 0.6 is 15.9 Å². The van der Waals surface area contributed by atoms with Gasteiger partial charge in [-0.25, -0.2) is 4.68 Å². The fraction of sp³-hybridized carbons (Fsp3) is 0.353. The average molecular weight is 410 g/mol. The van der Waals surface area contributed by atoms with Crippen LogP contribution in [0.2, 0.25) is 0 Å². The minimum absolute atomic E-state index is 0.0703. The van der Waals surface area contributed by atoms with Gasteiger partial charge in [-0.05, 0) is 28.4 Å². The third kappa shape index (κ3) is 3.87. The number of halogens is 1. The Hall–Kier alpha value is -1.87. The maximum atomic E-state index is 13.1. The van der Waals surface area contributed by atoms with Gasteiger partial charge in [-0.2, -0.15) is 0 Å². The third-order valence-corrected chi connectivity index (χ3v) is 4.26. The molecule has 0 saturated heterocycles. The van der Waals surface area contributed by atoms with Crippen molar-refractivity contribution in [1.82, 2.24) is 15.0 Å². The number of rotatable bonds is 9. The van der Waals surface area contributed by atoms with Crippen molar-refractivity contribution in [3.63, 3.8) is 0 Å². The number of ether oxygens (including phenoxy) is 3. The molecule has 2 rings (SSSR count). The summed E-state index contributed by atoms with van der Waals surface area (Å²) in [5, 5.41) is 8.06. The van der Waals surface area contributed by atoms with E-state index < -0.39 is 11.8 Å². The molecule has 25 heavy (non-hydrogen) atoms. The summed E-state index contributed by atoms with van der Waals surface area (Å²) in [5.74, 6) is -2.47. The first-order valence-electron chi connectivity index (χ1n) is 7.56. The second-order valence-electron chi connectivity index (χ2n) is 5.15. The average Bonchev–Trinajstić information content (AvgIpc) is 3.04. The lowest BCUT2D eigenvalue weighted by Crippen LogP contribution is -2.46. The van der Waals surface area contributed by atoms with Gasteiger partial charge in [0.15, 0.2) is 4.60 Å². The van der Waals surface area contributed by atoms with E-state index in [0.29, 0.717) is 0 Å². The van der Waals surface area contributed by atoms with Crippen LogP contribution in [-0.4, -0.2) is 47.6 Å². The van der Waals surface area contributed by atoms with Gasteiger partial charge in [0.05, 0.1) is 12.6 Å². The number of nitrogens with zero attached hydrogens (tertiary/aromatic N) is 3. The monoisotopic (exact) mass is 409 g/mol. The van der Waals surface area contributed by atoms with Crippen LogP contribution in [-0.2, 0) is 14.2 Å². The third-order valence-electron chi connectivity index (χ3n) is 3.72. The Morgan fingerprint density at radius 1 is 1.36 bits per heavy atom. The molecular formula is C17H20BrN3O4. The Balaban J connectivity index is 2.46. The number of carbonyl (C=O) groups excluding carboxylic acids is 1. The summed E-state index contributed by atoms with van der Waals surface area (Å²) in [7, 11) is 2.65. The molecule has 1 aromatic heterocycles. The smallest absolute Gasteiger partial charge is 0.324 e. The molecule has 7 nitrogen and oxygen atoms in total. The molecule has 0 fully saturated rings. The van der Waals surface area contributed by atoms with Crippen LogP contribution in [0.5, 0.6) is 0 Å². The molecule has 1 atom stereocenters. The molecular weight excluding hydrogens is 390 g/mol. The molecule has 8 heteroatoms. The second kappa shape index (κ2) is 8.48. The molecule has 0 N–H and O–H groups in total. The SMILES string of the molecule is C=CCOC(OC)(OC)C(=O)c1c(Br)nnn1[C@H](C)c1ccccc1. The molecule has 0 unspecified atom stereocenters. The lowest BCUT2D eigenvalue weighted by Gasteiger charge is -2.28. The van der Waals surface area contributed by atoms with Gasteiger partial charge in [-0.15, -0.1) is 11.7 Å². The second-order valence-corrected chi connectivity index (χ2v) is 5.90. The standard InChI is InChI=1S/C17H20BrN3O4/c1-5-11-25-17(23-3,24-4)15(22)14-16(18)19-20-21(14)12(2)13-9-7-6-8-10-13/h5-10,12H,1,11H2,2-4H3/t12-/m1/s1. The van der Waals surface area contributed by atoms with Crippen molar-refractivity contribution >= 4 is 21.7 Å². The minimum Gasteiger partial charge on any atom is -0.324 e. The van der Waals surface area contributed by atoms with Crippen LogP contribution in [0.4, 0.5) is 0 Å². The van der Waals surface area contributed by atoms with Crippen molar-refractivity contribution in [1.29, 1.82) is 0 Å². The number of aromatic nitrogens is 3. The summed E-state index contributed by atoms with van der Waals surface area (Å²) in [6.45, 7) is 5.56. The van der Waals surface area contributed by atoms with Crippen LogP contribution in [0.3, 0.4) is 0 Å². The van der Waals surface area contributed by atoms with Gasteiger partial charge in [0.2, 0.25) is 0 Å². The summed E-state index contributed by atoms with van der Waals surface area (Å²) in [6.07, 6.45) is 1.50. The van der Waals surface area contributed by atoms with E-state index in [2.05, 4.69) is 32.8 Å². The molecule has 0 radical (unpaired) electrons. The van der Waals surface area contributed by atoms with Gasteiger partial charge in [-0.3, -0.25) is 4.79 Å². The number of hydrogen-bond acceptors (Lipinski definition) is 6. The summed E-state index contributed by atoms with van der Waals surface area (Å²) < 4.78 is 17.7. The number of carbonyl (C=O) groups is 1. The first-order chi connectivity index (χ1) is 12.0. The molecule has 0 amide bonds. The fourth-order valence-electron chi connectivity index (χ4n) is 2.38. The zero-order chi connectivity index (χ0) is 18.4. The zero-order valence-corrected chi connectivity index (χ0v) is 15.9. The molecule has 1 aromatic carbocycles. The predicted octanol–water partition coefficient (Wildman–Crippen LogP) is 2.98. The molecule has 1 heterocycles. The van der Waals surface area contributed by atoms with E-state index in [1.807, 2.05) is 37.3 Å². The van der Waals surface area contributed by atoms with E-state index in [9.17, 15) is 4.79 Å². The number of methoxy groups -OCH3 is 2. The first-order valence-corrected chi connectivity index (χ1v) is 8.35. The molecule has 134 valence electrons. The Morgan fingerprint density at radius 3 is 2.56 bits per heavy atom. The van der Waals surface area contributed by atoms with E-state index in [0.717, 1.165) is 5.56 Å². The minimum atomic E-state index is -1.91. The summed E-state index contributed by atoms with van der Waals surface area (Å²) in [5.41, 5.74) is 1.16. The van der Waals surface area contributed by atoms with Crippen molar-refractivity contribution in [2.24, 2.45) is 0 Å². The number of Topliss-reactive ketones (excluding diaryl/α,β-unsaturated/α-hetero) is 1. The highest BCUT2D eigenvalue weighted by molar-refractivity contribution is 9.10. The van der Waals surface area contributed by atoms with Gasteiger partial charge < -0.3 is 14.2 Å². The van der Waals surface area contributed by atoms with Crippen LogP contribution < -0.4 is 0 Å². The zero-order valence-electron chi connectivity index (χ0n) is 14.3. The highest BCUT2D eigenvalue weighted by atomic mass is 79.9. The van der Waals surface area contributed by atoms with Crippen molar-refractivity contribution in [3.8, 4) is 0 Å². The van der Waals surface area contributed by atoms with Gasteiger partial charge in [0.1, 0.15) is 5.69 Å². The Morgan fingerprint density at radius 2 is 2.00 bits per heavy atom. The molecule has 0 bridgehead atoms. The van der Waals surface area contributed by atoms with E-state index in [-0.39, 0.29) is 22.9 Å². The number of hydrogen-bond donors (Lipinski definition) is 0. The Kier molecular flexibility index (Phi) is 6.60. The van der Waals surface area contributed by atoms with Gasteiger partial charge in [0, 0.05) is 14.2 Å². The largest absolute Gasteiger partial charge is 0.353 e. The van der Waals surface area contributed by atoms with Crippen LogP contribution in [0.15, 0.2) is 47.6 Å². The van der Waals surface area contributed by atoms with E-state index >= 15 is 0 Å². The van der Waals surface area contributed by atoms with Gasteiger partial charge >= 0.3 is 5.97 Å². The quantitative estimate of drug-likeness (QED) is 0.360. The highest BCUT2D eigenvalue weighted by Gasteiger charge is 2.45. The van der Waals surface area contributed by atoms with E-state index in [4.69, 9.17) is 14.2 Å². The van der Waals surface area contributed by atoms with Crippen molar-refractivity contribution in [3.05, 3.63) is 58.8 Å². The van der Waals surface area contributed by atoms with Crippen LogP contribution in [0.25, 0.3) is 0 Å². The normalized spacial score (nSPS) is 12.8. The van der Waals surface area contributed by atoms with Crippen molar-refractivity contribution < 1.29 is 19.0 Å². The number of ketones is 1. The van der Waals surface area contributed by atoms with Crippen LogP contribution in [0, 0.1) is 0 Å². The topological polar surface area (TPSA) is 75.5 Å². The van der Waals surface area contributed by atoms with Gasteiger partial charge in [-0.1, -0.05) is 41.6 Å². The lowest BCUT2D eigenvalue weighted by molar-refractivity contribution is -0.319. The molecule has 0 spiro atoms. The highest BCUT2D eigenvalue weighted by Crippen LogP contribution is 2.28. The summed E-state index contributed by atoms with van der Waals surface area (Å²) in [6, 6.07) is 9.42. The van der Waals surface area contributed by atoms with Crippen molar-refractivity contribution in [2.75, 3.05) is 20.8 Å². The Bertz CT molecular complexity index is 729. The lowest BCUT2D eigenvalue weighted by atomic mass is 10.1. The predicted molar refractivity (Wildman–Crippen MR) is 95.2 cm³/mol. The molecule has 0 aliphatic heterocycles. The summed E-state index contributed by atoms with van der Waals surface area (Å²) >= 11 is 3.28. The molecule has 0 aliphatic carbocycles. The molecule has 0 saturated carbocycles. The summed E-state index contributed by atoms with van der Waals surface area (Å²) in [4.78, 5) is 13.1. The Labute approximate surface area is 154 Å². The van der Waals surface area contributed by atoms with Crippen molar-refractivity contribution in [2.45, 2.75) is 18.9 Å². The van der Waals surface area contributed by atoms with Gasteiger partial charge in [0.25, 0.3) is 5.78 Å². The fourth-order valence-corrected chi connectivity index (χ4v) is 2.81. The van der Waals surface area contributed by atoms with E-state index in [1.165, 1.54) is 25.0 Å². The first kappa shape index (κ1) is 19.5. The maximum absolute atomic E-state index is 13.1. The maximum Gasteiger partial charge on any atom is 0.353 e. The molecule has 2 aromatic rings. The van der Waals surface area contributed by atoms with E-state index in [1.54, 1.807) is 0 Å². The number of benzene rings is 1. The van der Waals surface area contributed by atoms with Crippen LogP contribution in [0.1, 0.15) is 29.0 Å². The molecule has 0 aliphatic rings.